The van der Waals surface area contributed by atoms with E-state index in [4.69, 9.17) is 14.2 Å². The number of carbonyl (C=O) groups excluding carboxylic acids is 4. The summed E-state index contributed by atoms with van der Waals surface area (Å²) in [5.41, 5.74) is 0.215. The summed E-state index contributed by atoms with van der Waals surface area (Å²) in [6.07, 6.45) is 0.299. The molecule has 3 N–H and O–H groups in total. The van der Waals surface area contributed by atoms with E-state index in [1.165, 1.54) is 23.1 Å². The van der Waals surface area contributed by atoms with Crippen molar-refractivity contribution in [2.75, 3.05) is 26.8 Å². The van der Waals surface area contributed by atoms with E-state index in [2.05, 4.69) is 16.0 Å². The molecule has 0 aliphatic carbocycles. The number of benzene rings is 3. The zero-order valence-corrected chi connectivity index (χ0v) is 27.7. The summed E-state index contributed by atoms with van der Waals surface area (Å²) in [6.45, 7) is 6.06. The Hall–Kier alpha value is -5.13. The smallest absolute Gasteiger partial charge is 0.255 e. The van der Waals surface area contributed by atoms with E-state index < -0.39 is 41.7 Å². The number of rotatable bonds is 9. The highest BCUT2D eigenvalue weighted by atomic mass is 19.1. The predicted molar refractivity (Wildman–Crippen MR) is 177 cm³/mol. The number of nitrogens with one attached hydrogen (secondary N) is 3. The van der Waals surface area contributed by atoms with Crippen LogP contribution in [0.2, 0.25) is 0 Å². The number of halogens is 1. The van der Waals surface area contributed by atoms with E-state index in [0.29, 0.717) is 29.4 Å². The average molecular weight is 663 g/mol. The topological polar surface area (TPSA) is 135 Å². The lowest BCUT2D eigenvalue weighted by Crippen LogP contribution is -2.51. The number of hydrogen-bond donors (Lipinski definition) is 3. The molecule has 0 radical (unpaired) electrons. The molecular formula is C36H43FN4O7. The predicted octanol–water partition coefficient (Wildman–Crippen LogP) is 4.46. The number of para-hydroxylation sites is 3. The molecule has 256 valence electrons. The second kappa shape index (κ2) is 17.1. The third kappa shape index (κ3) is 10.4. The van der Waals surface area contributed by atoms with Crippen LogP contribution in [0.4, 0.5) is 4.39 Å². The second-order valence-corrected chi connectivity index (χ2v) is 12.1. The first kappa shape index (κ1) is 35.7. The van der Waals surface area contributed by atoms with Crippen LogP contribution in [0.25, 0.3) is 0 Å². The number of nitrogens with zero attached hydrogens (tertiary/aromatic N) is 1. The Balaban J connectivity index is 1.47. The molecule has 48 heavy (non-hydrogen) atoms. The Morgan fingerprint density at radius 2 is 1.73 bits per heavy atom. The molecule has 0 saturated carbocycles. The van der Waals surface area contributed by atoms with Gasteiger partial charge in [0.15, 0.2) is 11.5 Å². The summed E-state index contributed by atoms with van der Waals surface area (Å²) in [5.74, 6) is -0.667. The van der Waals surface area contributed by atoms with Crippen LogP contribution in [0, 0.1) is 11.7 Å². The number of hydrogen-bond acceptors (Lipinski definition) is 7. The Morgan fingerprint density at radius 3 is 2.48 bits per heavy atom. The number of likely N-dealkylation sites (N-methyl/N-ethyl adjacent to an activating group) is 1. The Bertz CT molecular complexity index is 1580. The molecule has 1 aliphatic heterocycles. The molecule has 0 saturated heterocycles. The molecule has 0 fully saturated rings. The molecule has 0 unspecified atom stereocenters. The van der Waals surface area contributed by atoms with Crippen molar-refractivity contribution in [3.63, 3.8) is 0 Å². The van der Waals surface area contributed by atoms with Crippen molar-refractivity contribution in [3.05, 3.63) is 84.2 Å². The zero-order chi connectivity index (χ0) is 34.6. The van der Waals surface area contributed by atoms with Crippen LogP contribution in [0.15, 0.2) is 72.8 Å². The van der Waals surface area contributed by atoms with E-state index in [-0.39, 0.29) is 50.0 Å². The largest absolute Gasteiger partial charge is 0.491 e. The lowest BCUT2D eigenvalue weighted by molar-refractivity contribution is -0.136. The van der Waals surface area contributed by atoms with Gasteiger partial charge in [0.2, 0.25) is 17.7 Å². The van der Waals surface area contributed by atoms with Gasteiger partial charge in [0.05, 0.1) is 18.2 Å². The molecule has 12 heteroatoms. The average Bonchev–Trinajstić information content (AvgIpc) is 3.05. The first-order valence-corrected chi connectivity index (χ1v) is 16.0. The number of fused-ring (bicyclic) bond motifs is 1. The van der Waals surface area contributed by atoms with Gasteiger partial charge >= 0.3 is 0 Å². The molecule has 3 atom stereocenters. The normalized spacial score (nSPS) is 18.3. The Morgan fingerprint density at radius 1 is 1.00 bits per heavy atom. The fourth-order valence-electron chi connectivity index (χ4n) is 5.10. The van der Waals surface area contributed by atoms with Crippen molar-refractivity contribution in [2.24, 2.45) is 5.92 Å². The van der Waals surface area contributed by atoms with Crippen molar-refractivity contribution in [1.82, 2.24) is 20.9 Å². The van der Waals surface area contributed by atoms with Gasteiger partial charge in [-0.05, 0) is 62.1 Å². The molecule has 4 amide bonds. The Kier molecular flexibility index (Phi) is 12.8. The van der Waals surface area contributed by atoms with Crippen LogP contribution in [-0.2, 0) is 14.4 Å². The molecule has 4 rings (SSSR count). The highest BCUT2D eigenvalue weighted by molar-refractivity contribution is 6.00. The summed E-state index contributed by atoms with van der Waals surface area (Å²) in [4.78, 5) is 54.8. The summed E-state index contributed by atoms with van der Waals surface area (Å²) in [7, 11) is 1.64. The SMILES string of the molecule is CC(C)C[C@H]1NC(=O)CC[C@@H](C(=O)N[C@H](C)COc2ccccc2Oc2cccc(F)c2)NC(=O)c2ccccc2OCCN(C)C1=O. The van der Waals surface area contributed by atoms with E-state index in [0.717, 1.165) is 0 Å². The molecule has 0 bridgehead atoms. The quantitative estimate of drug-likeness (QED) is 0.308. The van der Waals surface area contributed by atoms with Crippen molar-refractivity contribution >= 4 is 23.6 Å². The van der Waals surface area contributed by atoms with Crippen LogP contribution in [0.5, 0.6) is 23.0 Å². The van der Waals surface area contributed by atoms with Crippen molar-refractivity contribution in [3.8, 4) is 23.0 Å². The fraction of sp³-hybridized carbons (Fsp3) is 0.389. The summed E-state index contributed by atoms with van der Waals surface area (Å²) >= 11 is 0. The van der Waals surface area contributed by atoms with Gasteiger partial charge in [-0.15, -0.1) is 0 Å². The number of carbonyl (C=O) groups is 4. The summed E-state index contributed by atoms with van der Waals surface area (Å²) in [5, 5.41) is 8.44. The van der Waals surface area contributed by atoms with E-state index in [1.54, 1.807) is 68.6 Å². The maximum absolute atomic E-state index is 13.7. The van der Waals surface area contributed by atoms with E-state index in [1.807, 2.05) is 13.8 Å². The van der Waals surface area contributed by atoms with Crippen LogP contribution >= 0.6 is 0 Å². The molecule has 1 aliphatic rings. The molecular weight excluding hydrogens is 619 g/mol. The monoisotopic (exact) mass is 662 g/mol. The molecule has 0 aromatic heterocycles. The second-order valence-electron chi connectivity index (χ2n) is 12.1. The van der Waals surface area contributed by atoms with Gasteiger partial charge < -0.3 is 35.1 Å². The van der Waals surface area contributed by atoms with Crippen molar-refractivity contribution in [2.45, 2.75) is 58.2 Å². The highest BCUT2D eigenvalue weighted by Gasteiger charge is 2.29. The number of amides is 4. The van der Waals surface area contributed by atoms with Gasteiger partial charge in [-0.3, -0.25) is 19.2 Å². The van der Waals surface area contributed by atoms with Crippen LogP contribution in [0.1, 0.15) is 50.4 Å². The van der Waals surface area contributed by atoms with Gasteiger partial charge in [-0.25, -0.2) is 4.39 Å². The van der Waals surface area contributed by atoms with Crippen LogP contribution < -0.4 is 30.2 Å². The summed E-state index contributed by atoms with van der Waals surface area (Å²) in [6, 6.07) is 16.9. The van der Waals surface area contributed by atoms with Crippen LogP contribution in [-0.4, -0.2) is 73.5 Å². The minimum atomic E-state index is -1.09. The maximum Gasteiger partial charge on any atom is 0.255 e. The van der Waals surface area contributed by atoms with Crippen molar-refractivity contribution in [1.29, 1.82) is 0 Å². The highest BCUT2D eigenvalue weighted by Crippen LogP contribution is 2.31. The lowest BCUT2D eigenvalue weighted by atomic mass is 10.0. The standard InChI is InChI=1S/C36H43FN4O7/c1-23(2)20-29-36(45)41(4)18-19-46-30-13-6-5-12-27(30)34(43)40-28(16-17-33(42)39-29)35(44)38-24(3)22-47-31-14-7-8-15-32(31)48-26-11-9-10-25(37)21-26/h5-15,21,23-24,28-29H,16-20,22H2,1-4H3,(H,38,44)(H,39,42)(H,40,43)/t24-,28+,29-/m1/s1. The van der Waals surface area contributed by atoms with Gasteiger partial charge in [0.1, 0.15) is 42.6 Å². The van der Waals surface area contributed by atoms with Gasteiger partial charge in [0, 0.05) is 19.5 Å². The molecule has 11 nitrogen and oxygen atoms in total. The first-order chi connectivity index (χ1) is 23.0. The van der Waals surface area contributed by atoms with Crippen LogP contribution in [0.3, 0.4) is 0 Å². The molecule has 3 aromatic carbocycles. The minimum absolute atomic E-state index is 0.0251. The lowest BCUT2D eigenvalue weighted by Gasteiger charge is -2.26. The molecule has 0 spiro atoms. The minimum Gasteiger partial charge on any atom is -0.491 e. The third-order valence-corrected chi connectivity index (χ3v) is 7.57. The number of ether oxygens (including phenoxy) is 3. The molecule has 1 heterocycles. The van der Waals surface area contributed by atoms with E-state index in [9.17, 15) is 23.6 Å². The molecule has 3 aromatic rings. The van der Waals surface area contributed by atoms with Gasteiger partial charge in [-0.1, -0.05) is 44.2 Å². The zero-order valence-electron chi connectivity index (χ0n) is 27.7. The Labute approximate surface area is 280 Å². The third-order valence-electron chi connectivity index (χ3n) is 7.57. The first-order valence-electron chi connectivity index (χ1n) is 16.0. The van der Waals surface area contributed by atoms with E-state index >= 15 is 0 Å². The van der Waals surface area contributed by atoms with Gasteiger partial charge in [0.25, 0.3) is 5.91 Å². The maximum atomic E-state index is 13.7. The van der Waals surface area contributed by atoms with Crippen molar-refractivity contribution < 1.29 is 37.8 Å². The van der Waals surface area contributed by atoms with Gasteiger partial charge in [-0.2, -0.15) is 0 Å². The fourth-order valence-corrected chi connectivity index (χ4v) is 5.10. The summed E-state index contributed by atoms with van der Waals surface area (Å²) < 4.78 is 31.3.